The minimum Gasteiger partial charge on any atom is -0.478 e. The lowest BCUT2D eigenvalue weighted by molar-refractivity contribution is 0.0696. The molecule has 0 aliphatic heterocycles. The van der Waals surface area contributed by atoms with Gasteiger partial charge in [-0.1, -0.05) is 0 Å². The number of aryl methyl sites for hydroxylation is 1. The summed E-state index contributed by atoms with van der Waals surface area (Å²) in [6.45, 7) is 1.65. The van der Waals surface area contributed by atoms with Crippen LogP contribution in [0.5, 0.6) is 0 Å². The molecular weight excluding hydrogens is 354 g/mol. The second kappa shape index (κ2) is 8.39. The first-order valence-corrected chi connectivity index (χ1v) is 7.58. The Kier molecular flexibility index (Phi) is 6.00. The maximum absolute atomic E-state index is 11.3. The van der Waals surface area contributed by atoms with Crippen molar-refractivity contribution in [1.82, 2.24) is 14.5 Å². The fourth-order valence-electron chi connectivity index (χ4n) is 2.15. The van der Waals surface area contributed by atoms with E-state index in [1.165, 1.54) is 29.0 Å². The van der Waals surface area contributed by atoms with Crippen molar-refractivity contribution < 1.29 is 19.8 Å². The van der Waals surface area contributed by atoms with Crippen LogP contribution in [0.3, 0.4) is 0 Å². The largest absolute Gasteiger partial charge is 0.478 e. The summed E-state index contributed by atoms with van der Waals surface area (Å²) >= 11 is 0. The third-order valence-electron chi connectivity index (χ3n) is 3.32. The first-order chi connectivity index (χ1) is 12.8. The number of nitrogens with one attached hydrogen (secondary N) is 1. The Labute approximate surface area is 152 Å². The van der Waals surface area contributed by atoms with Crippen LogP contribution in [0.2, 0.25) is 0 Å². The first kappa shape index (κ1) is 19.3. The van der Waals surface area contributed by atoms with Gasteiger partial charge in [0.05, 0.1) is 23.0 Å². The van der Waals surface area contributed by atoms with Crippen LogP contribution in [0.15, 0.2) is 64.6 Å². The molecule has 9 nitrogen and oxygen atoms in total. The molecule has 0 atom stereocenters. The van der Waals surface area contributed by atoms with E-state index >= 15 is 0 Å². The average Bonchev–Trinajstić information content (AvgIpc) is 2.62. The van der Waals surface area contributed by atoms with E-state index in [0.717, 1.165) is 6.07 Å². The topological polar surface area (TPSA) is 142 Å². The van der Waals surface area contributed by atoms with Crippen molar-refractivity contribution in [2.24, 2.45) is 0 Å². The fourth-order valence-corrected chi connectivity index (χ4v) is 2.15. The zero-order valence-corrected chi connectivity index (χ0v) is 14.1. The summed E-state index contributed by atoms with van der Waals surface area (Å²) in [5, 5.41) is 17.2. The summed E-state index contributed by atoms with van der Waals surface area (Å²) < 4.78 is 1.31. The Balaban J connectivity index is 0.000000194. The zero-order chi connectivity index (χ0) is 20.0. The highest BCUT2D eigenvalue weighted by Crippen LogP contribution is 2.09. The molecule has 0 saturated carbocycles. The van der Waals surface area contributed by atoms with Crippen LogP contribution in [-0.2, 0) is 0 Å². The highest BCUT2D eigenvalue weighted by atomic mass is 16.4. The smallest absolute Gasteiger partial charge is 0.335 e. The Bertz CT molecular complexity index is 1050. The van der Waals surface area contributed by atoms with Crippen LogP contribution >= 0.6 is 0 Å². The number of pyridine rings is 1. The van der Waals surface area contributed by atoms with Crippen molar-refractivity contribution in [2.45, 2.75) is 6.92 Å². The first-order valence-electron chi connectivity index (χ1n) is 7.58. The highest BCUT2D eigenvalue weighted by Gasteiger charge is 2.09. The molecule has 27 heavy (non-hydrogen) atoms. The summed E-state index contributed by atoms with van der Waals surface area (Å²) in [6.07, 6.45) is 4.57. The molecule has 1 aromatic carbocycles. The van der Waals surface area contributed by atoms with E-state index in [4.69, 9.17) is 10.2 Å². The summed E-state index contributed by atoms with van der Waals surface area (Å²) in [4.78, 5) is 49.2. The summed E-state index contributed by atoms with van der Waals surface area (Å²) in [5.41, 5.74) is 0.362. The van der Waals surface area contributed by atoms with Gasteiger partial charge in [-0.15, -0.1) is 0 Å². The van der Waals surface area contributed by atoms with E-state index in [1.54, 1.807) is 31.5 Å². The van der Waals surface area contributed by atoms with E-state index in [1.807, 2.05) is 0 Å². The molecule has 0 saturated heterocycles. The molecule has 3 rings (SSSR count). The lowest BCUT2D eigenvalue weighted by atomic mass is 10.1. The molecule has 0 aliphatic rings. The van der Waals surface area contributed by atoms with Gasteiger partial charge < -0.3 is 10.2 Å². The van der Waals surface area contributed by atoms with Gasteiger partial charge in [-0.25, -0.2) is 14.4 Å². The summed E-state index contributed by atoms with van der Waals surface area (Å²) in [6, 6.07) is 8.72. The lowest BCUT2D eigenvalue weighted by Crippen LogP contribution is -2.27. The second-order valence-corrected chi connectivity index (χ2v) is 5.39. The van der Waals surface area contributed by atoms with Crippen molar-refractivity contribution in [3.63, 3.8) is 0 Å². The van der Waals surface area contributed by atoms with Gasteiger partial charge in [-0.05, 0) is 42.8 Å². The Morgan fingerprint density at radius 3 is 2.15 bits per heavy atom. The maximum Gasteiger partial charge on any atom is 0.335 e. The average molecular weight is 369 g/mol. The van der Waals surface area contributed by atoms with E-state index < -0.39 is 23.2 Å². The quantitative estimate of drug-likeness (QED) is 0.632. The third-order valence-corrected chi connectivity index (χ3v) is 3.32. The van der Waals surface area contributed by atoms with E-state index in [2.05, 4.69) is 9.97 Å². The number of rotatable bonds is 3. The normalized spacial score (nSPS) is 9.81. The molecule has 138 valence electrons. The number of nitrogens with zero attached hydrogens (tertiary/aromatic N) is 2. The molecule has 0 spiro atoms. The van der Waals surface area contributed by atoms with Crippen molar-refractivity contribution in [2.75, 3.05) is 0 Å². The molecule has 0 radical (unpaired) electrons. The molecule has 2 heterocycles. The number of benzene rings is 1. The van der Waals surface area contributed by atoms with Gasteiger partial charge in [0, 0.05) is 18.5 Å². The molecular formula is C18H15N3O6. The van der Waals surface area contributed by atoms with Crippen molar-refractivity contribution in [1.29, 1.82) is 0 Å². The number of H-pyrrole nitrogens is 1. The Morgan fingerprint density at radius 1 is 1.04 bits per heavy atom. The number of aromatic nitrogens is 3. The molecule has 0 bridgehead atoms. The van der Waals surface area contributed by atoms with Crippen LogP contribution in [0, 0.1) is 6.92 Å². The molecule has 9 heteroatoms. The predicted molar refractivity (Wildman–Crippen MR) is 95.6 cm³/mol. The van der Waals surface area contributed by atoms with Gasteiger partial charge in [0.15, 0.2) is 0 Å². The van der Waals surface area contributed by atoms with Crippen LogP contribution in [0.1, 0.15) is 26.3 Å². The molecule has 0 fully saturated rings. The van der Waals surface area contributed by atoms with E-state index in [0.29, 0.717) is 11.3 Å². The minimum atomic E-state index is -1.12. The highest BCUT2D eigenvalue weighted by molar-refractivity contribution is 5.94. The molecule has 0 unspecified atom stereocenters. The predicted octanol–water partition coefficient (Wildman–Crippen LogP) is 1.31. The molecule has 3 aromatic rings. The van der Waals surface area contributed by atoms with E-state index in [9.17, 15) is 19.2 Å². The number of hydrogen-bond donors (Lipinski definition) is 3. The number of carboxylic acid groups (broad SMARTS) is 2. The molecule has 3 N–H and O–H groups in total. The molecule has 2 aromatic heterocycles. The van der Waals surface area contributed by atoms with Gasteiger partial charge in [0.1, 0.15) is 0 Å². The van der Waals surface area contributed by atoms with Crippen molar-refractivity contribution in [3.05, 3.63) is 92.5 Å². The van der Waals surface area contributed by atoms with Gasteiger partial charge in [0.2, 0.25) is 0 Å². The zero-order valence-electron chi connectivity index (χ0n) is 14.1. The Hall–Kier alpha value is -4.01. The summed E-state index contributed by atoms with van der Waals surface area (Å²) in [5.74, 6) is -2.24. The summed E-state index contributed by atoms with van der Waals surface area (Å²) in [7, 11) is 0. The molecule has 0 amide bonds. The lowest BCUT2D eigenvalue weighted by Gasteiger charge is -2.01. The fraction of sp³-hybridized carbons (Fsp3) is 0.0556. The van der Waals surface area contributed by atoms with Gasteiger partial charge in [-0.2, -0.15) is 0 Å². The number of hydrogen-bond acceptors (Lipinski definition) is 5. The number of carbonyl (C=O) groups is 2. The standard InChI is InChI=1S/C9H7N3O2.C9H8O4/c13-8-3-5-12(9(14)11-8)7-2-1-4-10-6-7;1-5-2-6(8(10)11)4-7(3-5)9(12)13/h1-6H,(H,11,13,14);2-4H,1H3,(H,10,11)(H,12,13). The van der Waals surface area contributed by atoms with Gasteiger partial charge >= 0.3 is 17.6 Å². The van der Waals surface area contributed by atoms with Gasteiger partial charge in [0.25, 0.3) is 5.56 Å². The van der Waals surface area contributed by atoms with Crippen molar-refractivity contribution in [3.8, 4) is 5.69 Å². The van der Waals surface area contributed by atoms with Crippen LogP contribution < -0.4 is 11.2 Å². The second-order valence-electron chi connectivity index (χ2n) is 5.39. The van der Waals surface area contributed by atoms with Gasteiger partial charge in [-0.3, -0.25) is 19.3 Å². The maximum atomic E-state index is 11.3. The van der Waals surface area contributed by atoms with E-state index in [-0.39, 0.29) is 11.1 Å². The van der Waals surface area contributed by atoms with Crippen LogP contribution in [-0.4, -0.2) is 36.7 Å². The number of carboxylic acids is 2. The number of aromatic carboxylic acids is 2. The Morgan fingerprint density at radius 2 is 1.67 bits per heavy atom. The monoisotopic (exact) mass is 369 g/mol. The van der Waals surface area contributed by atoms with Crippen LogP contribution in [0.25, 0.3) is 5.69 Å². The third kappa shape index (κ3) is 5.23. The molecule has 0 aliphatic carbocycles. The minimum absolute atomic E-state index is 0.00241. The SMILES string of the molecule is Cc1cc(C(=O)O)cc(C(=O)O)c1.O=c1ccn(-c2cccnc2)c(=O)[nH]1. The van der Waals surface area contributed by atoms with Crippen molar-refractivity contribution >= 4 is 11.9 Å². The van der Waals surface area contributed by atoms with Crippen LogP contribution in [0.4, 0.5) is 0 Å². The number of aromatic amines is 1.